The van der Waals surface area contributed by atoms with Gasteiger partial charge in [0.05, 0.1) is 17.1 Å². The SMILES string of the molecule is COc1cnn(C)c1C(O)c1cc(C)c(Br)s1. The summed E-state index contributed by atoms with van der Waals surface area (Å²) in [4.78, 5) is 0.872. The average molecular weight is 317 g/mol. The Morgan fingerprint density at radius 2 is 2.29 bits per heavy atom. The molecule has 2 aromatic rings. The highest BCUT2D eigenvalue weighted by Gasteiger charge is 2.22. The zero-order valence-corrected chi connectivity index (χ0v) is 12.2. The van der Waals surface area contributed by atoms with Gasteiger partial charge >= 0.3 is 0 Å². The molecule has 0 fully saturated rings. The van der Waals surface area contributed by atoms with Crippen molar-refractivity contribution in [1.29, 1.82) is 0 Å². The third kappa shape index (κ3) is 2.25. The number of thiophene rings is 1. The predicted octanol–water partition coefficient (Wildman–Crippen LogP) is 2.64. The molecule has 4 nitrogen and oxygen atoms in total. The van der Waals surface area contributed by atoms with Gasteiger partial charge in [0.25, 0.3) is 0 Å². The lowest BCUT2D eigenvalue weighted by Gasteiger charge is -2.11. The molecule has 2 aromatic heterocycles. The first-order chi connectivity index (χ1) is 8.04. The number of aliphatic hydroxyl groups excluding tert-OH is 1. The lowest BCUT2D eigenvalue weighted by atomic mass is 10.2. The van der Waals surface area contributed by atoms with Gasteiger partial charge in [0, 0.05) is 11.9 Å². The predicted molar refractivity (Wildman–Crippen MR) is 70.6 cm³/mol. The average Bonchev–Trinajstić information content (AvgIpc) is 2.82. The van der Waals surface area contributed by atoms with Crippen molar-refractivity contribution >= 4 is 27.3 Å². The zero-order valence-electron chi connectivity index (χ0n) is 9.77. The van der Waals surface area contributed by atoms with E-state index >= 15 is 0 Å². The second kappa shape index (κ2) is 4.80. The highest BCUT2D eigenvalue weighted by Crippen LogP contribution is 2.36. The van der Waals surface area contributed by atoms with Crippen LogP contribution in [0.1, 0.15) is 22.2 Å². The smallest absolute Gasteiger partial charge is 0.163 e. The van der Waals surface area contributed by atoms with Crippen LogP contribution in [-0.2, 0) is 7.05 Å². The van der Waals surface area contributed by atoms with Crippen LogP contribution in [-0.4, -0.2) is 22.0 Å². The summed E-state index contributed by atoms with van der Waals surface area (Å²) >= 11 is 4.97. The van der Waals surface area contributed by atoms with E-state index in [1.54, 1.807) is 25.0 Å². The fourth-order valence-corrected chi connectivity index (χ4v) is 3.21. The number of ether oxygens (including phenoxy) is 1. The minimum atomic E-state index is -0.715. The van der Waals surface area contributed by atoms with Crippen LogP contribution in [0.2, 0.25) is 0 Å². The van der Waals surface area contributed by atoms with E-state index in [-0.39, 0.29) is 0 Å². The Labute approximate surface area is 112 Å². The molecule has 0 aliphatic heterocycles. The van der Waals surface area contributed by atoms with E-state index in [4.69, 9.17) is 4.74 Å². The molecule has 0 aliphatic carbocycles. The molecule has 0 spiro atoms. The van der Waals surface area contributed by atoms with E-state index in [2.05, 4.69) is 21.0 Å². The lowest BCUT2D eigenvalue weighted by Crippen LogP contribution is -2.06. The molecule has 0 amide bonds. The van der Waals surface area contributed by atoms with Gasteiger partial charge in [-0.2, -0.15) is 5.10 Å². The second-order valence-electron chi connectivity index (χ2n) is 3.73. The Balaban J connectivity index is 2.42. The van der Waals surface area contributed by atoms with Gasteiger partial charge in [-0.3, -0.25) is 4.68 Å². The van der Waals surface area contributed by atoms with Crippen molar-refractivity contribution in [3.05, 3.63) is 32.2 Å². The Morgan fingerprint density at radius 1 is 1.59 bits per heavy atom. The molecule has 0 aliphatic rings. The van der Waals surface area contributed by atoms with Crippen LogP contribution in [0.3, 0.4) is 0 Å². The highest BCUT2D eigenvalue weighted by molar-refractivity contribution is 9.11. The molecule has 0 aromatic carbocycles. The molecule has 1 N–H and O–H groups in total. The van der Waals surface area contributed by atoms with Crippen molar-refractivity contribution in [3.8, 4) is 5.75 Å². The van der Waals surface area contributed by atoms with Crippen LogP contribution < -0.4 is 4.74 Å². The number of aryl methyl sites for hydroxylation is 2. The van der Waals surface area contributed by atoms with Crippen molar-refractivity contribution in [3.63, 3.8) is 0 Å². The molecule has 1 atom stereocenters. The fourth-order valence-electron chi connectivity index (χ4n) is 1.65. The van der Waals surface area contributed by atoms with Gasteiger partial charge < -0.3 is 9.84 Å². The maximum atomic E-state index is 10.4. The summed E-state index contributed by atoms with van der Waals surface area (Å²) in [5.74, 6) is 0.599. The van der Waals surface area contributed by atoms with Gasteiger partial charge in [-0.05, 0) is 34.5 Å². The van der Waals surface area contributed by atoms with Crippen LogP contribution in [0.4, 0.5) is 0 Å². The monoisotopic (exact) mass is 316 g/mol. The van der Waals surface area contributed by atoms with Crippen molar-refractivity contribution < 1.29 is 9.84 Å². The van der Waals surface area contributed by atoms with Gasteiger partial charge in [-0.1, -0.05) is 0 Å². The van der Waals surface area contributed by atoms with Crippen LogP contribution in [0.25, 0.3) is 0 Å². The number of hydrogen-bond donors (Lipinski definition) is 1. The maximum absolute atomic E-state index is 10.4. The Kier molecular flexibility index (Phi) is 3.56. The van der Waals surface area contributed by atoms with Crippen molar-refractivity contribution in [2.75, 3.05) is 7.11 Å². The topological polar surface area (TPSA) is 47.3 Å². The van der Waals surface area contributed by atoms with Gasteiger partial charge in [-0.15, -0.1) is 11.3 Å². The van der Waals surface area contributed by atoms with Crippen molar-refractivity contribution in [2.24, 2.45) is 7.05 Å². The van der Waals surface area contributed by atoms with Gasteiger partial charge in [0.2, 0.25) is 0 Å². The minimum Gasteiger partial charge on any atom is -0.493 e. The van der Waals surface area contributed by atoms with Crippen molar-refractivity contribution in [1.82, 2.24) is 9.78 Å². The summed E-state index contributed by atoms with van der Waals surface area (Å²) in [5.41, 5.74) is 1.78. The largest absolute Gasteiger partial charge is 0.493 e. The van der Waals surface area contributed by atoms with Crippen LogP contribution in [0, 0.1) is 6.92 Å². The second-order valence-corrected chi connectivity index (χ2v) is 6.13. The number of nitrogens with zero attached hydrogens (tertiary/aromatic N) is 2. The van der Waals surface area contributed by atoms with Crippen LogP contribution >= 0.6 is 27.3 Å². The van der Waals surface area contributed by atoms with E-state index < -0.39 is 6.10 Å². The molecule has 0 bridgehead atoms. The molecule has 17 heavy (non-hydrogen) atoms. The molecule has 0 radical (unpaired) electrons. The first kappa shape index (κ1) is 12.6. The van der Waals surface area contributed by atoms with Crippen molar-refractivity contribution in [2.45, 2.75) is 13.0 Å². The third-order valence-corrected chi connectivity index (χ3v) is 4.76. The number of hydrogen-bond acceptors (Lipinski definition) is 4. The van der Waals surface area contributed by atoms with Gasteiger partial charge in [0.15, 0.2) is 5.75 Å². The van der Waals surface area contributed by atoms with E-state index in [0.717, 1.165) is 14.2 Å². The van der Waals surface area contributed by atoms with Crippen LogP contribution in [0.15, 0.2) is 16.0 Å². The summed E-state index contributed by atoms with van der Waals surface area (Å²) in [6.45, 7) is 2.00. The lowest BCUT2D eigenvalue weighted by molar-refractivity contribution is 0.208. The molecule has 0 saturated heterocycles. The summed E-state index contributed by atoms with van der Waals surface area (Å²) < 4.78 is 7.86. The first-order valence-electron chi connectivity index (χ1n) is 5.04. The quantitative estimate of drug-likeness (QED) is 0.947. The number of aliphatic hydroxyl groups is 1. The molecule has 6 heteroatoms. The fraction of sp³-hybridized carbons (Fsp3) is 0.364. The van der Waals surface area contributed by atoms with Gasteiger partial charge in [0.1, 0.15) is 11.8 Å². The number of halogens is 1. The normalized spacial score (nSPS) is 12.8. The van der Waals surface area contributed by atoms with E-state index in [1.807, 2.05) is 13.0 Å². The maximum Gasteiger partial charge on any atom is 0.163 e. The zero-order chi connectivity index (χ0) is 12.6. The first-order valence-corrected chi connectivity index (χ1v) is 6.65. The molecule has 2 rings (SSSR count). The number of aromatic nitrogens is 2. The molecule has 2 heterocycles. The standard InChI is InChI=1S/C11H13BrN2O2S/c1-6-4-8(17-11(6)12)10(15)9-7(16-3)5-13-14(9)2/h4-5,10,15H,1-3H3. The Hall–Kier alpha value is -0.850. The molecule has 92 valence electrons. The van der Waals surface area contributed by atoms with Gasteiger partial charge in [-0.25, -0.2) is 0 Å². The van der Waals surface area contributed by atoms with E-state index in [9.17, 15) is 5.11 Å². The highest BCUT2D eigenvalue weighted by atomic mass is 79.9. The number of rotatable bonds is 3. The minimum absolute atomic E-state index is 0.599. The van der Waals surface area contributed by atoms with E-state index in [1.165, 1.54) is 11.3 Å². The summed E-state index contributed by atoms with van der Waals surface area (Å²) in [5, 5.41) is 14.4. The summed E-state index contributed by atoms with van der Waals surface area (Å²) in [6, 6.07) is 1.96. The Bertz CT molecular complexity index is 516. The summed E-state index contributed by atoms with van der Waals surface area (Å²) in [7, 11) is 3.36. The number of methoxy groups -OCH3 is 1. The Morgan fingerprint density at radius 3 is 2.82 bits per heavy atom. The molecular formula is C11H13BrN2O2S. The molecule has 1 unspecified atom stereocenters. The third-order valence-electron chi connectivity index (χ3n) is 2.57. The molecule has 0 saturated carbocycles. The summed E-state index contributed by atoms with van der Waals surface area (Å²) in [6.07, 6.45) is 0.890. The molecular weight excluding hydrogens is 304 g/mol. The van der Waals surface area contributed by atoms with Crippen LogP contribution in [0.5, 0.6) is 5.75 Å². The van der Waals surface area contributed by atoms with E-state index in [0.29, 0.717) is 11.4 Å².